The molecule has 1 atom stereocenters. The minimum Gasteiger partial charge on any atom is -0.355 e. The quantitative estimate of drug-likeness (QED) is 0.779. The maximum absolute atomic E-state index is 11.5. The normalized spacial score (nSPS) is 17.2. The average molecular weight is 303 g/mol. The number of carbonyl (C=O) groups is 1. The summed E-state index contributed by atoms with van der Waals surface area (Å²) in [6.45, 7) is 0.648. The molecule has 1 unspecified atom stereocenters. The van der Waals surface area contributed by atoms with Crippen molar-refractivity contribution in [3.63, 3.8) is 0 Å². The molecule has 0 aliphatic carbocycles. The van der Waals surface area contributed by atoms with Gasteiger partial charge in [0, 0.05) is 30.0 Å². The van der Waals surface area contributed by atoms with Crippen LogP contribution in [0.4, 0.5) is 0 Å². The van der Waals surface area contributed by atoms with Crippen LogP contribution < -0.4 is 5.32 Å². The number of H-pyrrole nitrogens is 1. The summed E-state index contributed by atoms with van der Waals surface area (Å²) in [4.78, 5) is 19.8. The van der Waals surface area contributed by atoms with Crippen LogP contribution in [0.5, 0.6) is 0 Å². The van der Waals surface area contributed by atoms with Gasteiger partial charge in [0.1, 0.15) is 5.82 Å². The molecule has 0 spiro atoms. The van der Waals surface area contributed by atoms with Crippen LogP contribution in [-0.2, 0) is 4.79 Å². The Hall–Kier alpha value is -2.88. The maximum atomic E-state index is 11.5. The number of hydrogen-bond donors (Lipinski definition) is 2. The van der Waals surface area contributed by atoms with Crippen molar-refractivity contribution in [1.29, 1.82) is 0 Å². The Morgan fingerprint density at radius 3 is 2.17 bits per heavy atom. The molecule has 1 amide bonds. The molecule has 0 bridgehead atoms. The number of aromatic amines is 1. The van der Waals surface area contributed by atoms with E-state index in [1.165, 1.54) is 0 Å². The lowest BCUT2D eigenvalue weighted by molar-refractivity contribution is -0.119. The third-order valence-electron chi connectivity index (χ3n) is 4.20. The van der Waals surface area contributed by atoms with Crippen molar-refractivity contribution in [3.8, 4) is 22.5 Å². The lowest BCUT2D eigenvalue weighted by Gasteiger charge is -2.02. The molecule has 2 N–H and O–H groups in total. The minimum absolute atomic E-state index is 0.0916. The molecular weight excluding hydrogens is 286 g/mol. The Labute approximate surface area is 134 Å². The lowest BCUT2D eigenvalue weighted by atomic mass is 10.1. The van der Waals surface area contributed by atoms with Gasteiger partial charge in [-0.15, -0.1) is 0 Å². The monoisotopic (exact) mass is 303 g/mol. The van der Waals surface area contributed by atoms with Gasteiger partial charge in [-0.05, 0) is 0 Å². The maximum Gasteiger partial charge on any atom is 0.220 e. The number of rotatable bonds is 3. The summed E-state index contributed by atoms with van der Waals surface area (Å²) in [5.74, 6) is 1.08. The zero-order valence-corrected chi connectivity index (χ0v) is 12.6. The highest BCUT2D eigenvalue weighted by Crippen LogP contribution is 2.33. The van der Waals surface area contributed by atoms with E-state index in [-0.39, 0.29) is 11.8 Å². The van der Waals surface area contributed by atoms with E-state index in [4.69, 9.17) is 4.98 Å². The second-order valence-corrected chi connectivity index (χ2v) is 5.78. The van der Waals surface area contributed by atoms with E-state index in [1.54, 1.807) is 0 Å². The van der Waals surface area contributed by atoms with Crippen LogP contribution in [-0.4, -0.2) is 22.4 Å². The van der Waals surface area contributed by atoms with Crippen molar-refractivity contribution in [3.05, 3.63) is 66.5 Å². The molecular formula is C19H17N3O. The van der Waals surface area contributed by atoms with Gasteiger partial charge >= 0.3 is 0 Å². The van der Waals surface area contributed by atoms with Crippen molar-refractivity contribution >= 4 is 5.91 Å². The van der Waals surface area contributed by atoms with Gasteiger partial charge in [0.25, 0.3) is 0 Å². The van der Waals surface area contributed by atoms with Crippen molar-refractivity contribution < 1.29 is 4.79 Å². The smallest absolute Gasteiger partial charge is 0.220 e. The molecule has 1 aliphatic rings. The minimum atomic E-state index is 0.0916. The Bertz CT molecular complexity index is 767. The van der Waals surface area contributed by atoms with Crippen LogP contribution in [0.25, 0.3) is 22.5 Å². The largest absolute Gasteiger partial charge is 0.355 e. The van der Waals surface area contributed by atoms with Crippen LogP contribution in [0.3, 0.4) is 0 Å². The van der Waals surface area contributed by atoms with Crippen molar-refractivity contribution in [2.24, 2.45) is 0 Å². The highest BCUT2D eigenvalue weighted by Gasteiger charge is 2.27. The van der Waals surface area contributed by atoms with Gasteiger partial charge in [-0.3, -0.25) is 4.79 Å². The van der Waals surface area contributed by atoms with Gasteiger partial charge in [-0.2, -0.15) is 0 Å². The van der Waals surface area contributed by atoms with Crippen LogP contribution >= 0.6 is 0 Å². The SMILES string of the molecule is O=C1CC(c2nc(-c3ccccc3)c(-c3ccccc3)[nH]2)CN1. The van der Waals surface area contributed by atoms with Gasteiger partial charge in [-0.25, -0.2) is 4.98 Å². The molecule has 4 heteroatoms. The predicted octanol–water partition coefficient (Wildman–Crippen LogP) is 3.35. The Morgan fingerprint density at radius 2 is 1.57 bits per heavy atom. The summed E-state index contributed by atoms with van der Waals surface area (Å²) in [7, 11) is 0. The molecule has 114 valence electrons. The van der Waals surface area contributed by atoms with Crippen LogP contribution in [0.15, 0.2) is 60.7 Å². The number of benzene rings is 2. The fourth-order valence-electron chi connectivity index (χ4n) is 3.00. The highest BCUT2D eigenvalue weighted by molar-refractivity contribution is 5.81. The summed E-state index contributed by atoms with van der Waals surface area (Å²) in [6, 6.07) is 20.3. The van der Waals surface area contributed by atoms with E-state index in [2.05, 4.69) is 34.6 Å². The molecule has 3 aromatic rings. The van der Waals surface area contributed by atoms with Gasteiger partial charge in [0.15, 0.2) is 0 Å². The van der Waals surface area contributed by atoms with Crippen molar-refractivity contribution in [1.82, 2.24) is 15.3 Å². The Morgan fingerprint density at radius 1 is 0.913 bits per heavy atom. The molecule has 1 fully saturated rings. The number of nitrogens with one attached hydrogen (secondary N) is 2. The van der Waals surface area contributed by atoms with Gasteiger partial charge in [-0.1, -0.05) is 60.7 Å². The van der Waals surface area contributed by atoms with Crippen LogP contribution in [0, 0.1) is 0 Å². The molecule has 1 aliphatic heterocycles. The first kappa shape index (κ1) is 13.8. The van der Waals surface area contributed by atoms with Crippen LogP contribution in [0.2, 0.25) is 0 Å². The molecule has 0 saturated carbocycles. The highest BCUT2D eigenvalue weighted by atomic mass is 16.1. The third kappa shape index (κ3) is 2.63. The van der Waals surface area contributed by atoms with E-state index in [9.17, 15) is 4.79 Å². The lowest BCUT2D eigenvalue weighted by Crippen LogP contribution is -2.13. The number of aromatic nitrogens is 2. The number of amides is 1. The van der Waals surface area contributed by atoms with E-state index in [0.717, 1.165) is 28.3 Å². The standard InChI is InChI=1S/C19H17N3O/c23-16-11-15(12-20-16)19-21-17(13-7-3-1-4-8-13)18(22-19)14-9-5-2-6-10-14/h1-10,15H,11-12H2,(H,20,23)(H,21,22). The zero-order chi connectivity index (χ0) is 15.6. The second kappa shape index (κ2) is 5.72. The number of nitrogens with zero attached hydrogens (tertiary/aromatic N) is 1. The van der Waals surface area contributed by atoms with Gasteiger partial charge < -0.3 is 10.3 Å². The summed E-state index contributed by atoms with van der Waals surface area (Å²) in [5.41, 5.74) is 4.12. The first-order valence-corrected chi connectivity index (χ1v) is 7.78. The molecule has 1 aromatic heterocycles. The predicted molar refractivity (Wildman–Crippen MR) is 89.8 cm³/mol. The number of imidazole rings is 1. The second-order valence-electron chi connectivity index (χ2n) is 5.78. The van der Waals surface area contributed by atoms with Gasteiger partial charge in [0.05, 0.1) is 11.4 Å². The van der Waals surface area contributed by atoms with Gasteiger partial charge in [0.2, 0.25) is 5.91 Å². The van der Waals surface area contributed by atoms with Crippen molar-refractivity contribution in [2.45, 2.75) is 12.3 Å². The first-order chi connectivity index (χ1) is 11.3. The van der Waals surface area contributed by atoms with E-state index >= 15 is 0 Å². The zero-order valence-electron chi connectivity index (χ0n) is 12.6. The molecule has 4 nitrogen and oxygen atoms in total. The molecule has 2 heterocycles. The molecule has 23 heavy (non-hydrogen) atoms. The summed E-state index contributed by atoms with van der Waals surface area (Å²) in [6.07, 6.45) is 0.496. The molecule has 2 aromatic carbocycles. The summed E-state index contributed by atoms with van der Waals surface area (Å²) >= 11 is 0. The van der Waals surface area contributed by atoms with E-state index in [0.29, 0.717) is 13.0 Å². The summed E-state index contributed by atoms with van der Waals surface area (Å²) in [5, 5.41) is 2.88. The Balaban J connectivity index is 1.83. The van der Waals surface area contributed by atoms with Crippen molar-refractivity contribution in [2.75, 3.05) is 6.54 Å². The fraction of sp³-hybridized carbons (Fsp3) is 0.158. The Kier molecular flexibility index (Phi) is 3.42. The van der Waals surface area contributed by atoms with E-state index in [1.807, 2.05) is 36.4 Å². The first-order valence-electron chi connectivity index (χ1n) is 7.78. The average Bonchev–Trinajstić information content (AvgIpc) is 3.23. The topological polar surface area (TPSA) is 57.8 Å². The molecule has 4 rings (SSSR count). The molecule has 1 saturated heterocycles. The fourth-order valence-corrected chi connectivity index (χ4v) is 3.00. The number of hydrogen-bond acceptors (Lipinski definition) is 2. The van der Waals surface area contributed by atoms with Crippen LogP contribution in [0.1, 0.15) is 18.2 Å². The molecule has 0 radical (unpaired) electrons. The third-order valence-corrected chi connectivity index (χ3v) is 4.20. The number of carbonyl (C=O) groups excluding carboxylic acids is 1. The summed E-state index contributed by atoms with van der Waals surface area (Å²) < 4.78 is 0. The van der Waals surface area contributed by atoms with E-state index < -0.39 is 0 Å².